The minimum Gasteiger partial charge on any atom is -0.459 e. The fourth-order valence-electron chi connectivity index (χ4n) is 10.1. The number of rotatable bonds is 27. The number of hydrogen-bond donors (Lipinski definition) is 3. The number of amides is 1. The van der Waals surface area contributed by atoms with Crippen LogP contribution in [-0.4, -0.2) is 102 Å². The van der Waals surface area contributed by atoms with Crippen molar-refractivity contribution in [3.8, 4) is 28.4 Å². The molecule has 0 aromatic heterocycles. The number of benzene rings is 4. The lowest BCUT2D eigenvalue weighted by atomic mass is 9.55. The van der Waals surface area contributed by atoms with E-state index in [0.717, 1.165) is 47.9 Å². The van der Waals surface area contributed by atoms with Crippen molar-refractivity contribution in [3.63, 3.8) is 0 Å². The summed E-state index contributed by atoms with van der Waals surface area (Å²) in [6.45, 7) is 7.99. The van der Waals surface area contributed by atoms with Gasteiger partial charge in [-0.25, -0.2) is 4.79 Å². The van der Waals surface area contributed by atoms with Gasteiger partial charge in [0.1, 0.15) is 29.9 Å². The van der Waals surface area contributed by atoms with Gasteiger partial charge >= 0.3 is 6.09 Å². The van der Waals surface area contributed by atoms with Gasteiger partial charge in [-0.15, -0.1) is 13.2 Å². The lowest BCUT2D eigenvalue weighted by Crippen LogP contribution is -2.70. The molecule has 1 fully saturated rings. The average molecular weight is 960 g/mol. The molecule has 6 atom stereocenters. The van der Waals surface area contributed by atoms with E-state index in [0.29, 0.717) is 47.8 Å². The topological polar surface area (TPSA) is 192 Å². The Labute approximate surface area is 409 Å². The van der Waals surface area contributed by atoms with Gasteiger partial charge in [0.25, 0.3) is 5.69 Å². The van der Waals surface area contributed by atoms with E-state index in [4.69, 9.17) is 33.7 Å². The molecule has 70 heavy (non-hydrogen) atoms. The van der Waals surface area contributed by atoms with Crippen LogP contribution in [0, 0.1) is 27.9 Å². The first-order valence-electron chi connectivity index (χ1n) is 24.2. The zero-order chi connectivity index (χ0) is 49.3. The first-order valence-corrected chi connectivity index (χ1v) is 24.2. The van der Waals surface area contributed by atoms with E-state index in [-0.39, 0.29) is 89.3 Å². The normalized spacial score (nSPS) is 21.6. The van der Waals surface area contributed by atoms with Crippen LogP contribution in [0.15, 0.2) is 139 Å². The van der Waals surface area contributed by atoms with Gasteiger partial charge in [0.2, 0.25) is 5.79 Å². The zero-order valence-corrected chi connectivity index (χ0v) is 39.6. The number of ether oxygens (including phenoxy) is 5. The average Bonchev–Trinajstić information content (AvgIpc) is 3.38. The molecule has 0 spiro atoms. The van der Waals surface area contributed by atoms with Gasteiger partial charge in [-0.2, -0.15) is 0 Å². The Morgan fingerprint density at radius 2 is 1.59 bits per heavy atom. The SMILES string of the molecule is C=CCCOC(=O)N(CCOCCO)C1CC(=NOCc2ccc([N+](=O)[O-])cc2)C2=CC(CCCCO)C(CCCCO)C3c4cc(Oc5ccc(-c6ccccc6)cc5)ccc4OC1(OCC=C)C23. The number of aliphatic hydroxyl groups is 3. The van der Waals surface area contributed by atoms with E-state index in [1.54, 1.807) is 29.2 Å². The predicted molar refractivity (Wildman–Crippen MR) is 266 cm³/mol. The second kappa shape index (κ2) is 25.5. The fourth-order valence-corrected chi connectivity index (χ4v) is 10.1. The quantitative estimate of drug-likeness (QED) is 0.0222. The number of aliphatic hydroxyl groups excluding tert-OH is 3. The molecule has 7 rings (SSSR count). The lowest BCUT2D eigenvalue weighted by molar-refractivity contribution is -0.384. The van der Waals surface area contributed by atoms with Crippen LogP contribution in [0.3, 0.4) is 0 Å². The summed E-state index contributed by atoms with van der Waals surface area (Å²) >= 11 is 0. The number of nitro benzene ring substituents is 1. The molecule has 0 bridgehead atoms. The van der Waals surface area contributed by atoms with Crippen LogP contribution >= 0.6 is 0 Å². The van der Waals surface area contributed by atoms with Crippen molar-refractivity contribution in [2.24, 2.45) is 22.9 Å². The summed E-state index contributed by atoms with van der Waals surface area (Å²) in [5.41, 5.74) is 5.03. The molecule has 4 aromatic rings. The number of fused-ring (bicyclic) bond motifs is 2. The van der Waals surface area contributed by atoms with Crippen molar-refractivity contribution in [2.75, 3.05) is 52.8 Å². The largest absolute Gasteiger partial charge is 0.459 e. The van der Waals surface area contributed by atoms with Crippen molar-refractivity contribution < 1.29 is 53.6 Å². The first kappa shape index (κ1) is 51.5. The molecule has 3 N–H and O–H groups in total. The maximum atomic E-state index is 14.5. The van der Waals surface area contributed by atoms with Crippen LogP contribution in [0.5, 0.6) is 17.2 Å². The maximum absolute atomic E-state index is 14.5. The molecule has 6 unspecified atom stereocenters. The van der Waals surface area contributed by atoms with Crippen LogP contribution in [0.2, 0.25) is 0 Å². The van der Waals surface area contributed by atoms with Crippen molar-refractivity contribution in [3.05, 3.63) is 155 Å². The molecule has 1 heterocycles. The molecule has 15 nitrogen and oxygen atoms in total. The van der Waals surface area contributed by atoms with E-state index in [1.165, 1.54) is 12.1 Å². The number of non-ortho nitro benzene ring substituents is 1. The highest BCUT2D eigenvalue weighted by atomic mass is 16.7. The van der Waals surface area contributed by atoms with E-state index in [1.807, 2.05) is 60.7 Å². The molecule has 2 aliphatic carbocycles. The van der Waals surface area contributed by atoms with E-state index < -0.39 is 28.8 Å². The highest BCUT2D eigenvalue weighted by molar-refractivity contribution is 6.03. The van der Waals surface area contributed by atoms with Crippen molar-refractivity contribution in [1.82, 2.24) is 4.90 Å². The minimum absolute atomic E-state index is 0.00399. The Morgan fingerprint density at radius 1 is 0.857 bits per heavy atom. The third kappa shape index (κ3) is 12.3. The Kier molecular flexibility index (Phi) is 18.7. The molecule has 4 aromatic carbocycles. The van der Waals surface area contributed by atoms with Gasteiger partial charge in [-0.1, -0.05) is 78.7 Å². The molecule has 372 valence electrons. The number of unbranched alkanes of at least 4 members (excludes halogenated alkanes) is 2. The number of oxime groups is 1. The lowest BCUT2D eigenvalue weighted by Gasteiger charge is -2.59. The Hall–Kier alpha value is -6.36. The van der Waals surface area contributed by atoms with Gasteiger partial charge in [0, 0.05) is 49.8 Å². The molecule has 3 aliphatic rings. The molecule has 15 heteroatoms. The zero-order valence-electron chi connectivity index (χ0n) is 39.6. The molecular formula is C55H65N3O12. The van der Waals surface area contributed by atoms with E-state index in [2.05, 4.69) is 31.4 Å². The van der Waals surface area contributed by atoms with Crippen molar-refractivity contribution in [1.29, 1.82) is 0 Å². The summed E-state index contributed by atoms with van der Waals surface area (Å²) in [7, 11) is 0. The van der Waals surface area contributed by atoms with E-state index >= 15 is 0 Å². The second-order valence-electron chi connectivity index (χ2n) is 17.7. The molecular weight excluding hydrogens is 895 g/mol. The van der Waals surface area contributed by atoms with Crippen molar-refractivity contribution >= 4 is 17.5 Å². The Bertz CT molecular complexity index is 2410. The number of allylic oxidation sites excluding steroid dienone is 1. The number of hydrogen-bond acceptors (Lipinski definition) is 13. The summed E-state index contributed by atoms with van der Waals surface area (Å²) in [6.07, 6.45) is 9.63. The van der Waals surface area contributed by atoms with Crippen LogP contribution in [0.1, 0.15) is 68.4 Å². The van der Waals surface area contributed by atoms with Gasteiger partial charge in [-0.3, -0.25) is 15.0 Å². The van der Waals surface area contributed by atoms with Crippen LogP contribution in [0.4, 0.5) is 10.5 Å². The van der Waals surface area contributed by atoms with Gasteiger partial charge in [0.05, 0.1) is 49.6 Å². The number of nitro groups is 1. The molecule has 1 saturated carbocycles. The third-order valence-corrected chi connectivity index (χ3v) is 13.3. The summed E-state index contributed by atoms with van der Waals surface area (Å²) in [5, 5.41) is 45.9. The fraction of sp³-hybridized carbons (Fsp3) is 0.418. The number of carbonyl (C=O) groups excluding carboxylic acids is 1. The third-order valence-electron chi connectivity index (χ3n) is 13.3. The van der Waals surface area contributed by atoms with Crippen molar-refractivity contribution in [2.45, 2.75) is 75.7 Å². The molecule has 0 saturated heterocycles. The number of carbonyl (C=O) groups is 1. The standard InChI is InChI=1S/C55H65N3O12/c1-3-5-32-66-54(62)57(27-33-65-34-30-61)51-37-49(56-68-38-39-17-21-43(22-18-39)58(63)64)47-35-42(15-9-11-28-59)46(16-10-12-29-60)52-48-36-45(25-26-50(48)70-55(51,53(47)52)67-31-4-2)69-44-23-19-41(20-24-44)40-13-7-6-8-14-40/h3-4,6-8,13-14,17-26,35-36,42,46,51-53,59-61H,1-2,5,9-12,15-16,27-34,37-38H2. The monoisotopic (exact) mass is 959 g/mol. The summed E-state index contributed by atoms with van der Waals surface area (Å²) in [5.74, 6) is -0.785. The van der Waals surface area contributed by atoms with Gasteiger partial charge in [-0.05, 0) is 109 Å². The molecule has 1 aliphatic heterocycles. The highest BCUT2D eigenvalue weighted by Gasteiger charge is 2.65. The Morgan fingerprint density at radius 3 is 2.29 bits per heavy atom. The summed E-state index contributed by atoms with van der Waals surface area (Å²) in [4.78, 5) is 33.2. The van der Waals surface area contributed by atoms with Crippen LogP contribution < -0.4 is 9.47 Å². The van der Waals surface area contributed by atoms with Gasteiger partial charge in [0.15, 0.2) is 0 Å². The Balaban J connectivity index is 1.39. The first-order chi connectivity index (χ1) is 34.2. The number of nitrogens with zero attached hydrogens (tertiary/aromatic N) is 3. The summed E-state index contributed by atoms with van der Waals surface area (Å²) in [6, 6.07) is 29.0. The smallest absolute Gasteiger partial charge is 0.410 e. The van der Waals surface area contributed by atoms with Crippen LogP contribution in [0.25, 0.3) is 11.1 Å². The van der Waals surface area contributed by atoms with Crippen LogP contribution in [-0.2, 0) is 25.7 Å². The minimum atomic E-state index is -1.57. The molecule has 1 amide bonds. The molecule has 0 radical (unpaired) electrons. The predicted octanol–water partition coefficient (Wildman–Crippen LogP) is 9.91. The summed E-state index contributed by atoms with van der Waals surface area (Å²) < 4.78 is 32.7. The van der Waals surface area contributed by atoms with E-state index in [9.17, 15) is 30.2 Å². The second-order valence-corrected chi connectivity index (χ2v) is 17.7. The maximum Gasteiger partial charge on any atom is 0.410 e. The highest BCUT2D eigenvalue weighted by Crippen LogP contribution is 2.62. The van der Waals surface area contributed by atoms with Gasteiger partial charge < -0.3 is 43.8 Å².